The van der Waals surface area contributed by atoms with E-state index in [0.717, 1.165) is 17.0 Å². The molecule has 0 bridgehead atoms. The second-order valence-corrected chi connectivity index (χ2v) is 6.12. The lowest BCUT2D eigenvalue weighted by Gasteiger charge is -2.11. The predicted molar refractivity (Wildman–Crippen MR) is 81.2 cm³/mol. The maximum Gasteiger partial charge on any atom is 0.303 e. The quantitative estimate of drug-likeness (QED) is 0.725. The van der Waals surface area contributed by atoms with E-state index in [0.29, 0.717) is 24.5 Å². The number of carbonyl (C=O) groups is 2. The fraction of sp³-hybridized carbons (Fsp3) is 0.643. The molecule has 0 saturated heterocycles. The number of thioether (sulfide) groups is 1. The van der Waals surface area contributed by atoms with E-state index < -0.39 is 5.97 Å². The van der Waals surface area contributed by atoms with Crippen LogP contribution >= 0.6 is 11.8 Å². The molecule has 118 valence electrons. The molecule has 1 aromatic heterocycles. The van der Waals surface area contributed by atoms with Crippen molar-refractivity contribution in [3.8, 4) is 0 Å². The van der Waals surface area contributed by atoms with E-state index in [2.05, 4.69) is 10.5 Å². The van der Waals surface area contributed by atoms with E-state index in [4.69, 9.17) is 9.63 Å². The summed E-state index contributed by atoms with van der Waals surface area (Å²) in [7, 11) is 0. The Hall–Kier alpha value is -1.50. The zero-order chi connectivity index (χ0) is 15.8. The van der Waals surface area contributed by atoms with Crippen LogP contribution in [-0.2, 0) is 15.3 Å². The number of hydrogen-bond donors (Lipinski definition) is 2. The predicted octanol–water partition coefficient (Wildman–Crippen LogP) is 2.14. The van der Waals surface area contributed by atoms with Crippen molar-refractivity contribution in [1.82, 2.24) is 10.5 Å². The van der Waals surface area contributed by atoms with Crippen LogP contribution in [0.3, 0.4) is 0 Å². The minimum Gasteiger partial charge on any atom is -0.481 e. The van der Waals surface area contributed by atoms with Crippen LogP contribution in [0.5, 0.6) is 0 Å². The zero-order valence-electron chi connectivity index (χ0n) is 12.6. The number of carboxylic acid groups (broad SMARTS) is 1. The maximum absolute atomic E-state index is 11.7. The number of nitrogens with one attached hydrogen (secondary N) is 1. The van der Waals surface area contributed by atoms with Crippen LogP contribution in [-0.4, -0.2) is 34.4 Å². The molecule has 0 spiro atoms. The first-order valence-corrected chi connectivity index (χ1v) is 8.03. The van der Waals surface area contributed by atoms with Gasteiger partial charge in [-0.1, -0.05) is 12.1 Å². The van der Waals surface area contributed by atoms with Gasteiger partial charge in [0.1, 0.15) is 5.76 Å². The van der Waals surface area contributed by atoms with Gasteiger partial charge in [-0.3, -0.25) is 9.59 Å². The Morgan fingerprint density at radius 2 is 2.14 bits per heavy atom. The van der Waals surface area contributed by atoms with E-state index in [1.165, 1.54) is 11.8 Å². The van der Waals surface area contributed by atoms with Crippen LogP contribution in [0, 0.1) is 19.8 Å². The monoisotopic (exact) mass is 314 g/mol. The van der Waals surface area contributed by atoms with E-state index in [9.17, 15) is 9.59 Å². The summed E-state index contributed by atoms with van der Waals surface area (Å²) in [6, 6.07) is 0. The number of aromatic nitrogens is 1. The fourth-order valence-corrected chi connectivity index (χ4v) is 2.77. The highest BCUT2D eigenvalue weighted by atomic mass is 32.2. The van der Waals surface area contributed by atoms with Gasteiger partial charge in [-0.2, -0.15) is 0 Å². The molecule has 0 aliphatic rings. The summed E-state index contributed by atoms with van der Waals surface area (Å²) >= 11 is 1.51. The number of carboxylic acids is 1. The average molecular weight is 314 g/mol. The number of carbonyl (C=O) groups excluding carboxylic acids is 1. The summed E-state index contributed by atoms with van der Waals surface area (Å²) in [4.78, 5) is 22.1. The highest BCUT2D eigenvalue weighted by molar-refractivity contribution is 7.99. The zero-order valence-corrected chi connectivity index (χ0v) is 13.5. The Bertz CT molecular complexity index is 468. The van der Waals surface area contributed by atoms with Gasteiger partial charge in [0.25, 0.3) is 0 Å². The summed E-state index contributed by atoms with van der Waals surface area (Å²) in [5.41, 5.74) is 1.91. The number of rotatable bonds is 9. The Kier molecular flexibility index (Phi) is 7.28. The van der Waals surface area contributed by atoms with Crippen LogP contribution in [0.1, 0.15) is 36.8 Å². The van der Waals surface area contributed by atoms with Crippen LogP contribution in [0.2, 0.25) is 0 Å². The lowest BCUT2D eigenvalue weighted by Crippen LogP contribution is -2.30. The molecular formula is C14H22N2O4S. The average Bonchev–Trinajstić information content (AvgIpc) is 2.74. The number of aliphatic carboxylic acids is 1. The molecule has 1 aromatic rings. The van der Waals surface area contributed by atoms with E-state index in [1.54, 1.807) is 0 Å². The highest BCUT2D eigenvalue weighted by Gasteiger charge is 2.11. The van der Waals surface area contributed by atoms with E-state index >= 15 is 0 Å². The van der Waals surface area contributed by atoms with Gasteiger partial charge >= 0.3 is 5.97 Å². The second-order valence-electron chi connectivity index (χ2n) is 5.14. The molecule has 7 heteroatoms. The molecular weight excluding hydrogens is 292 g/mol. The summed E-state index contributed by atoms with van der Waals surface area (Å²) in [6.07, 6.45) is 0.708. The van der Waals surface area contributed by atoms with Crippen LogP contribution < -0.4 is 5.32 Å². The third kappa shape index (κ3) is 6.66. The number of nitrogens with zero attached hydrogens (tertiary/aromatic N) is 1. The van der Waals surface area contributed by atoms with Gasteiger partial charge in [0.05, 0.1) is 11.4 Å². The van der Waals surface area contributed by atoms with Crippen molar-refractivity contribution >= 4 is 23.6 Å². The lowest BCUT2D eigenvalue weighted by molar-refractivity contribution is -0.137. The van der Waals surface area contributed by atoms with Gasteiger partial charge in [0.15, 0.2) is 0 Å². The molecule has 1 unspecified atom stereocenters. The molecule has 6 nitrogen and oxygen atoms in total. The standard InChI is InChI=1S/C14H22N2O4S/c1-9(4-5-14(18)19)6-15-13(17)8-21-7-12-10(2)16-20-11(12)3/h9H,4-8H2,1-3H3,(H,15,17)(H,18,19). The summed E-state index contributed by atoms with van der Waals surface area (Å²) in [5, 5.41) is 15.3. The lowest BCUT2D eigenvalue weighted by atomic mass is 10.1. The third-order valence-corrected chi connectivity index (χ3v) is 4.12. The normalized spacial score (nSPS) is 12.1. The smallest absolute Gasteiger partial charge is 0.303 e. The molecule has 1 rings (SSSR count). The molecule has 1 amide bonds. The van der Waals surface area contributed by atoms with E-state index in [-0.39, 0.29) is 18.2 Å². The van der Waals surface area contributed by atoms with Crippen molar-refractivity contribution in [3.05, 3.63) is 17.0 Å². The van der Waals surface area contributed by atoms with Gasteiger partial charge in [0.2, 0.25) is 5.91 Å². The van der Waals surface area contributed by atoms with Gasteiger partial charge in [-0.15, -0.1) is 11.8 Å². The highest BCUT2D eigenvalue weighted by Crippen LogP contribution is 2.19. The van der Waals surface area contributed by atoms with Crippen molar-refractivity contribution in [2.24, 2.45) is 5.92 Å². The Morgan fingerprint density at radius 1 is 1.43 bits per heavy atom. The molecule has 0 aromatic carbocycles. The van der Waals surface area contributed by atoms with E-state index in [1.807, 2.05) is 20.8 Å². The molecule has 0 radical (unpaired) electrons. The molecule has 0 aliphatic carbocycles. The maximum atomic E-state index is 11.7. The van der Waals surface area contributed by atoms with Gasteiger partial charge in [-0.05, 0) is 26.2 Å². The SMILES string of the molecule is Cc1noc(C)c1CSCC(=O)NCC(C)CCC(=O)O. The van der Waals surface area contributed by atoms with Crippen molar-refractivity contribution in [3.63, 3.8) is 0 Å². The first-order valence-electron chi connectivity index (χ1n) is 6.88. The molecule has 2 N–H and O–H groups in total. The number of aryl methyl sites for hydroxylation is 2. The molecule has 1 atom stereocenters. The van der Waals surface area contributed by atoms with Crippen molar-refractivity contribution in [2.45, 2.75) is 39.4 Å². The molecule has 0 aliphatic heterocycles. The molecule has 1 heterocycles. The Balaban J connectivity index is 2.18. The minimum absolute atomic E-state index is 0.0334. The van der Waals surface area contributed by atoms with Crippen molar-refractivity contribution in [1.29, 1.82) is 0 Å². The summed E-state index contributed by atoms with van der Waals surface area (Å²) in [6.45, 7) is 6.19. The fourth-order valence-electron chi connectivity index (χ4n) is 1.76. The number of hydrogen-bond acceptors (Lipinski definition) is 5. The molecule has 0 fully saturated rings. The second kappa shape index (κ2) is 8.71. The Morgan fingerprint density at radius 3 is 2.71 bits per heavy atom. The topological polar surface area (TPSA) is 92.4 Å². The van der Waals surface area contributed by atoms with Gasteiger partial charge in [-0.25, -0.2) is 0 Å². The van der Waals surface area contributed by atoms with Crippen molar-refractivity contribution < 1.29 is 19.2 Å². The largest absolute Gasteiger partial charge is 0.481 e. The van der Waals surface area contributed by atoms with Crippen LogP contribution in [0.4, 0.5) is 0 Å². The van der Waals surface area contributed by atoms with Crippen molar-refractivity contribution in [2.75, 3.05) is 12.3 Å². The first-order chi connectivity index (χ1) is 9.90. The van der Waals surface area contributed by atoms with Gasteiger partial charge < -0.3 is 14.9 Å². The summed E-state index contributed by atoms with van der Waals surface area (Å²) < 4.78 is 5.07. The minimum atomic E-state index is -0.803. The van der Waals surface area contributed by atoms with Crippen LogP contribution in [0.15, 0.2) is 4.52 Å². The van der Waals surface area contributed by atoms with Gasteiger partial charge in [0, 0.05) is 24.3 Å². The third-order valence-electron chi connectivity index (χ3n) is 3.16. The number of amides is 1. The molecule has 21 heavy (non-hydrogen) atoms. The van der Waals surface area contributed by atoms with Crippen LogP contribution in [0.25, 0.3) is 0 Å². The first kappa shape index (κ1) is 17.6. The Labute approximate surface area is 128 Å². The molecule has 0 saturated carbocycles. The summed E-state index contributed by atoms with van der Waals surface area (Å²) in [5.74, 6) is 1.19.